The zero-order chi connectivity index (χ0) is 15.4. The van der Waals surface area contributed by atoms with Crippen LogP contribution in [-0.2, 0) is 0 Å². The summed E-state index contributed by atoms with van der Waals surface area (Å²) in [6.07, 6.45) is 0. The van der Waals surface area contributed by atoms with Crippen LogP contribution in [0, 0.1) is 12.7 Å². The summed E-state index contributed by atoms with van der Waals surface area (Å²) in [5.41, 5.74) is 4.39. The number of ether oxygens (including phenoxy) is 2. The van der Waals surface area contributed by atoms with Gasteiger partial charge in [0.1, 0.15) is 17.3 Å². The molecule has 0 spiro atoms. The number of nitrogens with two attached hydrogens (primary N) is 1. The van der Waals surface area contributed by atoms with Crippen LogP contribution >= 0.6 is 0 Å². The van der Waals surface area contributed by atoms with Crippen LogP contribution in [-0.4, -0.2) is 14.2 Å². The van der Waals surface area contributed by atoms with Crippen molar-refractivity contribution in [2.45, 2.75) is 13.0 Å². The lowest BCUT2D eigenvalue weighted by Crippen LogP contribution is -2.30. The molecule has 0 radical (unpaired) electrons. The fraction of sp³-hybridized carbons (Fsp3) is 0.250. The Kier molecular flexibility index (Phi) is 4.77. The summed E-state index contributed by atoms with van der Waals surface area (Å²) in [6, 6.07) is 10.0. The monoisotopic (exact) mass is 290 g/mol. The number of halogens is 1. The van der Waals surface area contributed by atoms with E-state index < -0.39 is 6.04 Å². The molecule has 1 atom stereocenters. The van der Waals surface area contributed by atoms with Gasteiger partial charge in [-0.05, 0) is 30.7 Å². The molecule has 0 aliphatic heterocycles. The van der Waals surface area contributed by atoms with Crippen molar-refractivity contribution in [1.82, 2.24) is 5.43 Å². The first-order chi connectivity index (χ1) is 10.1. The molecule has 112 valence electrons. The number of hydrazine groups is 1. The van der Waals surface area contributed by atoms with Crippen molar-refractivity contribution in [3.63, 3.8) is 0 Å². The molecule has 2 aromatic rings. The molecule has 5 heteroatoms. The Labute approximate surface area is 123 Å². The second-order valence-corrected chi connectivity index (χ2v) is 4.69. The molecule has 21 heavy (non-hydrogen) atoms. The SMILES string of the molecule is COc1ccc(OC)c(C(NN)c2cccc(C)c2F)c1. The van der Waals surface area contributed by atoms with Gasteiger partial charge in [0.25, 0.3) is 0 Å². The van der Waals surface area contributed by atoms with E-state index in [9.17, 15) is 4.39 Å². The summed E-state index contributed by atoms with van der Waals surface area (Å²) in [7, 11) is 3.13. The fourth-order valence-corrected chi connectivity index (χ4v) is 2.31. The van der Waals surface area contributed by atoms with Gasteiger partial charge in [-0.25, -0.2) is 9.82 Å². The normalized spacial score (nSPS) is 12.0. The second-order valence-electron chi connectivity index (χ2n) is 4.69. The Hall–Kier alpha value is -2.11. The average molecular weight is 290 g/mol. The van der Waals surface area contributed by atoms with E-state index in [1.54, 1.807) is 57.5 Å². The van der Waals surface area contributed by atoms with E-state index in [4.69, 9.17) is 15.3 Å². The molecule has 2 rings (SSSR count). The van der Waals surface area contributed by atoms with Crippen molar-refractivity contribution in [1.29, 1.82) is 0 Å². The number of nitrogens with one attached hydrogen (secondary N) is 1. The van der Waals surface area contributed by atoms with Crippen molar-refractivity contribution in [3.05, 3.63) is 58.9 Å². The van der Waals surface area contributed by atoms with Gasteiger partial charge in [-0.15, -0.1) is 0 Å². The maximum Gasteiger partial charge on any atom is 0.131 e. The van der Waals surface area contributed by atoms with E-state index >= 15 is 0 Å². The molecule has 0 bridgehead atoms. The van der Waals surface area contributed by atoms with Crippen molar-refractivity contribution in [2.75, 3.05) is 14.2 Å². The van der Waals surface area contributed by atoms with E-state index in [2.05, 4.69) is 5.43 Å². The lowest BCUT2D eigenvalue weighted by molar-refractivity contribution is 0.393. The van der Waals surface area contributed by atoms with Gasteiger partial charge in [-0.3, -0.25) is 5.84 Å². The summed E-state index contributed by atoms with van der Waals surface area (Å²) in [5.74, 6) is 6.63. The summed E-state index contributed by atoms with van der Waals surface area (Å²) in [6.45, 7) is 1.72. The molecule has 0 aliphatic rings. The van der Waals surface area contributed by atoms with E-state index in [0.29, 0.717) is 28.2 Å². The Morgan fingerprint density at radius 2 is 1.86 bits per heavy atom. The van der Waals surface area contributed by atoms with Gasteiger partial charge in [0, 0.05) is 11.1 Å². The number of benzene rings is 2. The fourth-order valence-electron chi connectivity index (χ4n) is 2.31. The lowest BCUT2D eigenvalue weighted by atomic mass is 9.96. The van der Waals surface area contributed by atoms with Gasteiger partial charge in [-0.1, -0.05) is 18.2 Å². The second kappa shape index (κ2) is 6.56. The Bertz CT molecular complexity index is 632. The molecule has 3 N–H and O–H groups in total. The van der Waals surface area contributed by atoms with Crippen molar-refractivity contribution in [2.24, 2.45) is 5.84 Å². The third-order valence-corrected chi connectivity index (χ3v) is 3.45. The highest BCUT2D eigenvalue weighted by atomic mass is 19.1. The van der Waals surface area contributed by atoms with E-state index in [0.717, 1.165) is 0 Å². The Morgan fingerprint density at radius 1 is 1.10 bits per heavy atom. The van der Waals surface area contributed by atoms with Gasteiger partial charge in [-0.2, -0.15) is 0 Å². The number of aryl methyl sites for hydroxylation is 1. The molecule has 0 saturated heterocycles. The standard InChI is InChI=1S/C16H19FN2O2/c1-10-5-4-6-12(15(10)17)16(19-18)13-9-11(20-2)7-8-14(13)21-3/h4-9,16,19H,18H2,1-3H3. The maximum absolute atomic E-state index is 14.4. The zero-order valence-electron chi connectivity index (χ0n) is 12.3. The van der Waals surface area contributed by atoms with Crippen LogP contribution in [0.4, 0.5) is 4.39 Å². The summed E-state index contributed by atoms with van der Waals surface area (Å²) >= 11 is 0. The van der Waals surface area contributed by atoms with E-state index in [1.807, 2.05) is 0 Å². The molecule has 0 heterocycles. The zero-order valence-corrected chi connectivity index (χ0v) is 12.3. The molecule has 0 aromatic heterocycles. The first-order valence-corrected chi connectivity index (χ1v) is 6.55. The Balaban J connectivity index is 2.57. The minimum absolute atomic E-state index is 0.287. The highest BCUT2D eigenvalue weighted by Gasteiger charge is 2.21. The van der Waals surface area contributed by atoms with Crippen LogP contribution < -0.4 is 20.7 Å². The van der Waals surface area contributed by atoms with Crippen LogP contribution in [0.2, 0.25) is 0 Å². The smallest absolute Gasteiger partial charge is 0.131 e. The van der Waals surface area contributed by atoms with Crippen LogP contribution in [0.25, 0.3) is 0 Å². The molecular formula is C16H19FN2O2. The van der Waals surface area contributed by atoms with E-state index in [-0.39, 0.29) is 5.82 Å². The molecule has 1 unspecified atom stereocenters. The van der Waals surface area contributed by atoms with Crippen LogP contribution in [0.1, 0.15) is 22.7 Å². The average Bonchev–Trinajstić information content (AvgIpc) is 2.52. The van der Waals surface area contributed by atoms with Crippen molar-refractivity contribution < 1.29 is 13.9 Å². The molecule has 2 aromatic carbocycles. The molecule has 4 nitrogen and oxygen atoms in total. The first-order valence-electron chi connectivity index (χ1n) is 6.55. The molecule has 0 amide bonds. The van der Waals surface area contributed by atoms with Crippen LogP contribution in [0.15, 0.2) is 36.4 Å². The highest BCUT2D eigenvalue weighted by Crippen LogP contribution is 2.34. The quantitative estimate of drug-likeness (QED) is 0.656. The topological polar surface area (TPSA) is 56.5 Å². The number of hydrogen-bond acceptors (Lipinski definition) is 4. The number of rotatable bonds is 5. The van der Waals surface area contributed by atoms with Gasteiger partial charge >= 0.3 is 0 Å². The molecule has 0 aliphatic carbocycles. The van der Waals surface area contributed by atoms with Crippen molar-refractivity contribution in [3.8, 4) is 11.5 Å². The Morgan fingerprint density at radius 3 is 2.48 bits per heavy atom. The first kappa shape index (κ1) is 15.3. The minimum Gasteiger partial charge on any atom is -0.497 e. The van der Waals surface area contributed by atoms with Crippen LogP contribution in [0.3, 0.4) is 0 Å². The third-order valence-electron chi connectivity index (χ3n) is 3.45. The highest BCUT2D eigenvalue weighted by molar-refractivity contribution is 5.46. The third kappa shape index (κ3) is 2.99. The molecule has 0 fully saturated rings. The van der Waals surface area contributed by atoms with E-state index in [1.165, 1.54) is 0 Å². The lowest BCUT2D eigenvalue weighted by Gasteiger charge is -2.21. The number of methoxy groups -OCH3 is 2. The van der Waals surface area contributed by atoms with Gasteiger partial charge in [0.05, 0.1) is 20.3 Å². The summed E-state index contributed by atoms with van der Waals surface area (Å²) in [4.78, 5) is 0. The predicted molar refractivity (Wildman–Crippen MR) is 79.8 cm³/mol. The maximum atomic E-state index is 14.4. The molecule has 0 saturated carbocycles. The molecular weight excluding hydrogens is 271 g/mol. The predicted octanol–water partition coefficient (Wildman–Crippen LogP) is 2.70. The summed E-state index contributed by atoms with van der Waals surface area (Å²) < 4.78 is 24.9. The number of hydrogen-bond donors (Lipinski definition) is 2. The van der Waals surface area contributed by atoms with Gasteiger partial charge in [0.15, 0.2) is 0 Å². The minimum atomic E-state index is -0.532. The summed E-state index contributed by atoms with van der Waals surface area (Å²) in [5, 5.41) is 0. The van der Waals surface area contributed by atoms with Crippen molar-refractivity contribution >= 4 is 0 Å². The largest absolute Gasteiger partial charge is 0.497 e. The van der Waals surface area contributed by atoms with Gasteiger partial charge < -0.3 is 9.47 Å². The van der Waals surface area contributed by atoms with Gasteiger partial charge in [0.2, 0.25) is 0 Å². The van der Waals surface area contributed by atoms with Crippen LogP contribution in [0.5, 0.6) is 11.5 Å².